The molecule has 0 saturated heterocycles. The maximum atomic E-state index is 12.5. The molecule has 1 unspecified atom stereocenters. The van der Waals surface area contributed by atoms with Gasteiger partial charge in [-0.2, -0.15) is 13.2 Å². The van der Waals surface area contributed by atoms with Crippen LogP contribution in [-0.2, 0) is 9.53 Å². The second-order valence-electron chi connectivity index (χ2n) is 8.32. The number of esters is 1. The minimum absolute atomic E-state index is 0.0719. The number of benzene rings is 2. The predicted molar refractivity (Wildman–Crippen MR) is 139 cm³/mol. The summed E-state index contributed by atoms with van der Waals surface area (Å²) in [5.41, 5.74) is -3.20. The van der Waals surface area contributed by atoms with Gasteiger partial charge in [0.05, 0.1) is 0 Å². The number of halogens is 3. The Morgan fingerprint density at radius 1 is 1.08 bits per heavy atom. The first-order chi connectivity index (χ1) is 16.9. The number of thioether (sulfide) groups is 1. The second kappa shape index (κ2) is 11.2. The van der Waals surface area contributed by atoms with Crippen LogP contribution in [0.2, 0.25) is 0 Å². The summed E-state index contributed by atoms with van der Waals surface area (Å²) in [6, 6.07) is 13.6. The third kappa shape index (κ3) is 7.58. The third-order valence-corrected chi connectivity index (χ3v) is 7.47. The van der Waals surface area contributed by atoms with Crippen molar-refractivity contribution in [3.63, 3.8) is 0 Å². The summed E-state index contributed by atoms with van der Waals surface area (Å²) in [4.78, 5) is 14.5. The Kier molecular flexibility index (Phi) is 8.45. The molecule has 3 rings (SSSR count). The van der Waals surface area contributed by atoms with E-state index in [1.165, 1.54) is 24.3 Å². The van der Waals surface area contributed by atoms with Gasteiger partial charge in [-0.3, -0.25) is 0 Å². The van der Waals surface area contributed by atoms with Gasteiger partial charge in [-0.1, -0.05) is 11.8 Å². The first kappa shape index (κ1) is 27.3. The molecule has 1 atom stereocenters. The number of ether oxygens (including phenoxy) is 2. The minimum atomic E-state index is -4.35. The summed E-state index contributed by atoms with van der Waals surface area (Å²) >= 11 is -0.189. The molecule has 0 spiro atoms. The summed E-state index contributed by atoms with van der Waals surface area (Å²) < 4.78 is 48.6. The lowest BCUT2D eigenvalue weighted by atomic mass is 10.1. The molecule has 3 aromatic rings. The lowest BCUT2D eigenvalue weighted by molar-refractivity contribution is -0.154. The summed E-state index contributed by atoms with van der Waals surface area (Å²) in [7, 11) is -0.277. The van der Waals surface area contributed by atoms with E-state index < -0.39 is 17.1 Å². The molecule has 3 nitrogen and oxygen atoms in total. The van der Waals surface area contributed by atoms with Crippen molar-refractivity contribution in [2.45, 2.75) is 43.7 Å². The molecule has 36 heavy (non-hydrogen) atoms. The Balaban J connectivity index is 1.61. The monoisotopic (exact) mass is 529 g/mol. The first-order valence-corrected chi connectivity index (χ1v) is 12.9. The number of terminal acetylenes is 1. The Labute approximate surface area is 216 Å². The van der Waals surface area contributed by atoms with Gasteiger partial charge in [-0.25, -0.2) is 4.79 Å². The van der Waals surface area contributed by atoms with Crippen molar-refractivity contribution in [2.75, 3.05) is 6.61 Å². The second-order valence-corrected chi connectivity index (χ2v) is 11.3. The lowest BCUT2D eigenvalue weighted by Gasteiger charge is -2.19. The highest BCUT2D eigenvalue weighted by Gasteiger charge is 2.29. The average Bonchev–Trinajstić information content (AvgIpc) is 3.25. The van der Waals surface area contributed by atoms with Gasteiger partial charge < -0.3 is 9.47 Å². The standard InChI is InChI=1S/C28H24F3O3S2/c1-6-23-8-7-15-36(23)24-16-19(2)26(20(3)17-24)33-18-25(32)34-27(4,5)14-13-21-9-11-22(12-10-21)35-28(29,30)31/h1,7-12,15-17H,18H2,2-5H3/q+1. The lowest BCUT2D eigenvalue weighted by Crippen LogP contribution is -2.29. The maximum Gasteiger partial charge on any atom is 0.446 e. The van der Waals surface area contributed by atoms with Gasteiger partial charge in [0.25, 0.3) is 0 Å². The van der Waals surface area contributed by atoms with Crippen LogP contribution < -0.4 is 4.74 Å². The Bertz CT molecular complexity index is 1330. The van der Waals surface area contributed by atoms with E-state index in [-0.39, 0.29) is 33.7 Å². The Morgan fingerprint density at radius 3 is 2.31 bits per heavy atom. The molecule has 2 aromatic carbocycles. The molecule has 8 heteroatoms. The van der Waals surface area contributed by atoms with Crippen LogP contribution >= 0.6 is 22.2 Å². The number of alkyl halides is 3. The highest BCUT2D eigenvalue weighted by Crippen LogP contribution is 2.39. The molecular formula is C28H24F3O3S2+. The number of hydrogen-bond donors (Lipinski definition) is 0. The highest BCUT2D eigenvalue weighted by molar-refractivity contribution is 8.00. The van der Waals surface area contributed by atoms with Crippen LogP contribution in [0.25, 0.3) is 4.90 Å². The van der Waals surface area contributed by atoms with Gasteiger partial charge in [0.2, 0.25) is 4.88 Å². The van der Waals surface area contributed by atoms with Crippen molar-refractivity contribution in [1.82, 2.24) is 0 Å². The van der Waals surface area contributed by atoms with Crippen LogP contribution in [0.15, 0.2) is 58.8 Å². The van der Waals surface area contributed by atoms with Crippen molar-refractivity contribution in [3.8, 4) is 34.8 Å². The predicted octanol–water partition coefficient (Wildman–Crippen LogP) is 7.39. The van der Waals surface area contributed by atoms with E-state index in [2.05, 4.69) is 23.1 Å². The van der Waals surface area contributed by atoms with Crippen LogP contribution in [0.3, 0.4) is 0 Å². The number of aryl methyl sites for hydroxylation is 2. The van der Waals surface area contributed by atoms with E-state index in [1.54, 1.807) is 13.8 Å². The molecule has 0 amide bonds. The van der Waals surface area contributed by atoms with Crippen molar-refractivity contribution in [1.29, 1.82) is 0 Å². The van der Waals surface area contributed by atoms with Crippen molar-refractivity contribution in [2.24, 2.45) is 0 Å². The van der Waals surface area contributed by atoms with Gasteiger partial charge in [-0.05, 0) is 86.8 Å². The quantitative estimate of drug-likeness (QED) is 0.144. The molecular weight excluding hydrogens is 505 g/mol. The van der Waals surface area contributed by atoms with E-state index in [4.69, 9.17) is 15.9 Å². The first-order valence-electron chi connectivity index (χ1n) is 10.8. The maximum absolute atomic E-state index is 12.5. The molecule has 1 aromatic heterocycles. The fourth-order valence-electron chi connectivity index (χ4n) is 3.37. The summed E-state index contributed by atoms with van der Waals surface area (Å²) in [5.74, 6) is 8.41. The Morgan fingerprint density at radius 2 is 1.72 bits per heavy atom. The molecule has 0 bridgehead atoms. The van der Waals surface area contributed by atoms with Crippen molar-refractivity contribution in [3.05, 3.63) is 75.5 Å². The molecule has 0 fully saturated rings. The van der Waals surface area contributed by atoms with E-state index in [0.717, 1.165) is 20.9 Å². The smallest absolute Gasteiger partial charge is 0.446 e. The normalized spacial score (nSPS) is 11.8. The van der Waals surface area contributed by atoms with Crippen LogP contribution in [0.1, 0.15) is 35.4 Å². The van der Waals surface area contributed by atoms with Gasteiger partial charge in [-0.15, -0.1) is 6.42 Å². The van der Waals surface area contributed by atoms with Crippen LogP contribution in [0, 0.1) is 38.0 Å². The van der Waals surface area contributed by atoms with Gasteiger partial charge >= 0.3 is 11.5 Å². The molecule has 0 radical (unpaired) electrons. The van der Waals surface area contributed by atoms with E-state index in [1.807, 2.05) is 38.1 Å². The van der Waals surface area contributed by atoms with E-state index in [0.29, 0.717) is 11.3 Å². The molecule has 0 saturated carbocycles. The number of carbonyl (C=O) groups excluding carboxylic acids is 1. The van der Waals surface area contributed by atoms with E-state index >= 15 is 0 Å². The van der Waals surface area contributed by atoms with E-state index in [9.17, 15) is 18.0 Å². The molecule has 186 valence electrons. The Hall–Kier alpha value is -3.33. The van der Waals surface area contributed by atoms with Gasteiger partial charge in [0.15, 0.2) is 17.1 Å². The topological polar surface area (TPSA) is 35.5 Å². The van der Waals surface area contributed by atoms with Crippen molar-refractivity contribution >= 4 is 28.2 Å². The number of hydrogen-bond acceptors (Lipinski definition) is 4. The fraction of sp³-hybridized carbons (Fsp3) is 0.250. The van der Waals surface area contributed by atoms with Crippen molar-refractivity contribution < 1.29 is 27.4 Å². The highest BCUT2D eigenvalue weighted by atomic mass is 32.2. The molecule has 0 aliphatic rings. The zero-order valence-corrected chi connectivity index (χ0v) is 21.8. The largest absolute Gasteiger partial charge is 0.481 e. The number of rotatable bonds is 6. The summed E-state index contributed by atoms with van der Waals surface area (Å²) in [5, 5.41) is 2.07. The number of thiophene rings is 1. The third-order valence-electron chi connectivity index (χ3n) is 4.83. The van der Waals surface area contributed by atoms with Crippen LogP contribution in [0.5, 0.6) is 5.75 Å². The zero-order valence-electron chi connectivity index (χ0n) is 20.2. The van der Waals surface area contributed by atoms with Gasteiger partial charge in [0.1, 0.15) is 11.1 Å². The number of carbonyl (C=O) groups is 1. The summed E-state index contributed by atoms with van der Waals surface area (Å²) in [6.07, 6.45) is 5.60. The average molecular weight is 530 g/mol. The molecule has 0 aliphatic heterocycles. The summed E-state index contributed by atoms with van der Waals surface area (Å²) in [6.45, 7) is 6.78. The minimum Gasteiger partial charge on any atom is -0.481 e. The SMILES string of the molecule is C#Cc1ccc[s+]1-c1cc(C)c(OCC(=O)OC(C)(C)C#Cc2ccc(SC(F)(F)F)cc2)c(C)c1. The molecule has 0 aliphatic carbocycles. The molecule has 1 heterocycles. The fourth-order valence-corrected chi connectivity index (χ4v) is 5.66. The van der Waals surface area contributed by atoms with Gasteiger partial charge in [0, 0.05) is 39.1 Å². The molecule has 0 N–H and O–H groups in total. The van der Waals surface area contributed by atoms with Crippen LogP contribution in [-0.4, -0.2) is 23.7 Å². The van der Waals surface area contributed by atoms with Crippen LogP contribution in [0.4, 0.5) is 13.2 Å². The zero-order chi connectivity index (χ0) is 26.5.